The predicted octanol–water partition coefficient (Wildman–Crippen LogP) is 4.42. The summed E-state index contributed by atoms with van der Waals surface area (Å²) in [7, 11) is 1.75. The molecule has 2 N–H and O–H groups in total. The topological polar surface area (TPSA) is 85.0 Å². The van der Waals surface area contributed by atoms with Gasteiger partial charge in [0.1, 0.15) is 5.69 Å². The summed E-state index contributed by atoms with van der Waals surface area (Å²) in [6, 6.07) is 11.3. The summed E-state index contributed by atoms with van der Waals surface area (Å²) in [6.45, 7) is 7.68. The predicted molar refractivity (Wildman–Crippen MR) is 152 cm³/mol. The molecule has 3 aliphatic rings. The van der Waals surface area contributed by atoms with Gasteiger partial charge in [-0.2, -0.15) is 0 Å². The third-order valence-corrected chi connectivity index (χ3v) is 8.56. The van der Waals surface area contributed by atoms with Crippen molar-refractivity contribution in [2.45, 2.75) is 82.8 Å². The van der Waals surface area contributed by atoms with E-state index in [9.17, 15) is 4.79 Å². The van der Waals surface area contributed by atoms with E-state index in [-0.39, 0.29) is 24.2 Å². The number of ether oxygens (including phenoxy) is 3. The van der Waals surface area contributed by atoms with Crippen LogP contribution >= 0.6 is 0 Å². The minimum Gasteiger partial charge on any atom is -0.382 e. The average molecular weight is 537 g/mol. The Hall–Kier alpha value is -2.52. The number of aryl methyl sites for hydroxylation is 1. The first-order valence-electron chi connectivity index (χ1n) is 14.6. The molecule has 4 heterocycles. The number of rotatable bonds is 8. The van der Waals surface area contributed by atoms with Gasteiger partial charge in [0.05, 0.1) is 24.9 Å². The van der Waals surface area contributed by atoms with Crippen molar-refractivity contribution >= 4 is 11.6 Å². The maximum Gasteiger partial charge on any atom is 0.272 e. The molecule has 212 valence electrons. The van der Waals surface area contributed by atoms with Gasteiger partial charge in [0, 0.05) is 62.9 Å². The molecule has 4 atom stereocenters. The lowest BCUT2D eigenvalue weighted by Crippen LogP contribution is -2.54. The first-order chi connectivity index (χ1) is 19.0. The number of nitrogens with one attached hydrogen (secondary N) is 2. The Balaban J connectivity index is 1.13. The van der Waals surface area contributed by atoms with E-state index in [1.54, 1.807) is 13.3 Å². The first-order valence-corrected chi connectivity index (χ1v) is 14.6. The maximum atomic E-state index is 13.5. The van der Waals surface area contributed by atoms with E-state index in [4.69, 9.17) is 14.2 Å². The lowest BCUT2D eigenvalue weighted by Gasteiger charge is -2.38. The second-order valence-electron chi connectivity index (χ2n) is 11.3. The van der Waals surface area contributed by atoms with E-state index in [0.29, 0.717) is 30.9 Å². The number of pyridine rings is 1. The van der Waals surface area contributed by atoms with Crippen LogP contribution in [0.25, 0.3) is 0 Å². The second-order valence-corrected chi connectivity index (χ2v) is 11.3. The number of benzene rings is 1. The highest BCUT2D eigenvalue weighted by Crippen LogP contribution is 2.32. The third-order valence-electron chi connectivity index (χ3n) is 8.56. The molecule has 8 nitrogen and oxygen atoms in total. The lowest BCUT2D eigenvalue weighted by molar-refractivity contribution is -0.0533. The van der Waals surface area contributed by atoms with Crippen LogP contribution in [0.5, 0.6) is 0 Å². The Morgan fingerprint density at radius 3 is 2.64 bits per heavy atom. The van der Waals surface area contributed by atoms with Gasteiger partial charge in [0.15, 0.2) is 0 Å². The van der Waals surface area contributed by atoms with Crippen molar-refractivity contribution in [3.8, 4) is 0 Å². The highest BCUT2D eigenvalue weighted by Gasteiger charge is 2.31. The zero-order chi connectivity index (χ0) is 27.2. The van der Waals surface area contributed by atoms with Gasteiger partial charge in [-0.05, 0) is 64.0 Å². The van der Waals surface area contributed by atoms with Crippen LogP contribution in [0.3, 0.4) is 0 Å². The van der Waals surface area contributed by atoms with Crippen LogP contribution in [0, 0.1) is 13.8 Å². The summed E-state index contributed by atoms with van der Waals surface area (Å²) in [4.78, 5) is 19.9. The highest BCUT2D eigenvalue weighted by molar-refractivity contribution is 5.95. The van der Waals surface area contributed by atoms with Gasteiger partial charge < -0.3 is 29.7 Å². The number of hydrogen-bond acceptors (Lipinski definition) is 7. The minimum atomic E-state index is 0.0174. The minimum absolute atomic E-state index is 0.0174. The zero-order valence-electron chi connectivity index (χ0n) is 23.7. The Morgan fingerprint density at radius 1 is 1.08 bits per heavy atom. The van der Waals surface area contributed by atoms with Crippen molar-refractivity contribution in [1.29, 1.82) is 0 Å². The quantitative estimate of drug-likeness (QED) is 0.517. The van der Waals surface area contributed by atoms with Crippen molar-refractivity contribution in [2.75, 3.05) is 45.3 Å². The number of likely N-dealkylation sites (tertiary alicyclic amines) is 1. The van der Waals surface area contributed by atoms with Crippen LogP contribution in [0.4, 0.5) is 5.69 Å². The van der Waals surface area contributed by atoms with Crippen LogP contribution in [0.2, 0.25) is 0 Å². The number of piperidine rings is 1. The molecular weight excluding hydrogens is 492 g/mol. The number of aromatic nitrogens is 1. The molecule has 3 aliphatic heterocycles. The van der Waals surface area contributed by atoms with Gasteiger partial charge in [0.2, 0.25) is 0 Å². The number of nitrogens with zero attached hydrogens (tertiary/aromatic N) is 2. The lowest BCUT2D eigenvalue weighted by atomic mass is 9.97. The van der Waals surface area contributed by atoms with E-state index < -0.39 is 0 Å². The smallest absolute Gasteiger partial charge is 0.272 e. The van der Waals surface area contributed by atoms with Gasteiger partial charge in [-0.15, -0.1) is 0 Å². The Bertz CT molecular complexity index is 1090. The molecule has 1 aromatic heterocycles. The van der Waals surface area contributed by atoms with E-state index in [1.807, 2.05) is 17.9 Å². The Labute approximate surface area is 232 Å². The number of hydrogen-bond donors (Lipinski definition) is 2. The molecular formula is C31H44N4O4. The van der Waals surface area contributed by atoms with Crippen molar-refractivity contribution < 1.29 is 19.0 Å². The van der Waals surface area contributed by atoms with E-state index >= 15 is 0 Å². The summed E-state index contributed by atoms with van der Waals surface area (Å²) in [5.41, 5.74) is 4.92. The van der Waals surface area contributed by atoms with Gasteiger partial charge >= 0.3 is 0 Å². The largest absolute Gasteiger partial charge is 0.382 e. The van der Waals surface area contributed by atoms with Crippen molar-refractivity contribution in [2.24, 2.45) is 0 Å². The fraction of sp³-hybridized carbons (Fsp3) is 0.613. The van der Waals surface area contributed by atoms with Gasteiger partial charge in [0.25, 0.3) is 5.91 Å². The molecule has 0 aliphatic carbocycles. The van der Waals surface area contributed by atoms with Crippen molar-refractivity contribution in [3.05, 3.63) is 58.9 Å². The molecule has 0 radical (unpaired) electrons. The van der Waals surface area contributed by atoms with Crippen LogP contribution in [0.15, 0.2) is 36.5 Å². The number of carbonyl (C=O) groups is 1. The van der Waals surface area contributed by atoms with Crippen molar-refractivity contribution in [3.63, 3.8) is 0 Å². The molecule has 1 aromatic carbocycles. The van der Waals surface area contributed by atoms with Gasteiger partial charge in [-0.25, -0.2) is 0 Å². The maximum absolute atomic E-state index is 13.5. The molecule has 3 saturated heterocycles. The number of carbonyl (C=O) groups excluding carboxylic acids is 1. The standard InChI is InChI=1S/C31H44N4O4/c1-21-7-9-23(10-8-21)28-6-4-5-25(39-28)19-33-26-11-15-32-30(22(26)2)31(36)35-16-12-24(13-17-35)34-27-14-18-38-20-29(27)37-3/h7-11,15,24-25,27-29,34H,4-6,12-14,16-20H2,1-3H3,(H,32,33)/t25-,27+,28+,29-/m1/s1. The number of methoxy groups -OCH3 is 1. The molecule has 0 bridgehead atoms. The molecule has 0 unspecified atom stereocenters. The van der Waals surface area contributed by atoms with E-state index in [1.165, 1.54) is 11.1 Å². The van der Waals surface area contributed by atoms with Crippen LogP contribution in [0.1, 0.15) is 71.8 Å². The van der Waals surface area contributed by atoms with E-state index in [0.717, 1.165) is 69.5 Å². The Kier molecular flexibility index (Phi) is 9.50. The van der Waals surface area contributed by atoms with Crippen molar-refractivity contribution in [1.82, 2.24) is 15.2 Å². The molecule has 2 aromatic rings. The summed E-state index contributed by atoms with van der Waals surface area (Å²) < 4.78 is 17.6. The summed E-state index contributed by atoms with van der Waals surface area (Å²) in [6.07, 6.45) is 8.16. The summed E-state index contributed by atoms with van der Waals surface area (Å²) >= 11 is 0. The molecule has 3 fully saturated rings. The monoisotopic (exact) mass is 536 g/mol. The van der Waals surface area contributed by atoms with Gasteiger partial charge in [-0.3, -0.25) is 9.78 Å². The van der Waals surface area contributed by atoms with Gasteiger partial charge in [-0.1, -0.05) is 29.8 Å². The molecule has 0 spiro atoms. The fourth-order valence-corrected chi connectivity index (χ4v) is 6.08. The third kappa shape index (κ3) is 6.98. The molecule has 39 heavy (non-hydrogen) atoms. The normalized spacial score (nSPS) is 26.4. The molecule has 8 heteroatoms. The highest BCUT2D eigenvalue weighted by atomic mass is 16.5. The average Bonchev–Trinajstić information content (AvgIpc) is 2.97. The molecule has 1 amide bonds. The fourth-order valence-electron chi connectivity index (χ4n) is 6.08. The molecule has 5 rings (SSSR count). The van der Waals surface area contributed by atoms with Crippen LogP contribution in [-0.4, -0.2) is 80.0 Å². The number of anilines is 1. The molecule has 0 saturated carbocycles. The summed E-state index contributed by atoms with van der Waals surface area (Å²) in [5.74, 6) is 0.0174. The zero-order valence-corrected chi connectivity index (χ0v) is 23.7. The van der Waals surface area contributed by atoms with Crippen LogP contribution < -0.4 is 10.6 Å². The summed E-state index contributed by atoms with van der Waals surface area (Å²) in [5, 5.41) is 7.32. The second kappa shape index (κ2) is 13.2. The Morgan fingerprint density at radius 2 is 1.87 bits per heavy atom. The number of amides is 1. The van der Waals surface area contributed by atoms with Crippen LogP contribution in [-0.2, 0) is 14.2 Å². The first kappa shape index (κ1) is 28.0. The van der Waals surface area contributed by atoms with E-state index in [2.05, 4.69) is 46.8 Å². The SMILES string of the molecule is CO[C@@H]1COCC[C@@H]1NC1CCN(C(=O)c2nccc(NC[C@H]3CCC[C@@H](c4ccc(C)cc4)O3)c2C)CC1.